The fourth-order valence-corrected chi connectivity index (χ4v) is 2.73. The van der Waals surface area contributed by atoms with E-state index in [1.54, 1.807) is 6.20 Å². The molecule has 3 nitrogen and oxygen atoms in total. The Morgan fingerprint density at radius 1 is 1.16 bits per heavy atom. The summed E-state index contributed by atoms with van der Waals surface area (Å²) in [7, 11) is 0. The molecule has 0 spiro atoms. The molecule has 2 aliphatic rings. The lowest BCUT2D eigenvalue weighted by Gasteiger charge is -2.12. The van der Waals surface area contributed by atoms with Crippen molar-refractivity contribution in [1.82, 2.24) is 10.3 Å². The van der Waals surface area contributed by atoms with Gasteiger partial charge < -0.3 is 10.1 Å². The van der Waals surface area contributed by atoms with Gasteiger partial charge >= 0.3 is 0 Å². The molecule has 3 heteroatoms. The number of pyridine rings is 1. The molecule has 0 unspecified atom stereocenters. The van der Waals surface area contributed by atoms with Gasteiger partial charge in [-0.25, -0.2) is 0 Å². The summed E-state index contributed by atoms with van der Waals surface area (Å²) in [6, 6.07) is 2.35. The molecule has 1 atom stereocenters. The SMILES string of the molecule is C(#C[C@H]1CCCN1)c1cncc(OC2CCCC2)c1. The first-order valence-corrected chi connectivity index (χ1v) is 7.27. The summed E-state index contributed by atoms with van der Waals surface area (Å²) in [5, 5.41) is 3.37. The predicted octanol–water partition coefficient (Wildman–Crippen LogP) is 2.51. The van der Waals surface area contributed by atoms with Crippen molar-refractivity contribution in [1.29, 1.82) is 0 Å². The first-order valence-electron chi connectivity index (χ1n) is 7.27. The van der Waals surface area contributed by atoms with Crippen LogP contribution in [0.25, 0.3) is 0 Å². The lowest BCUT2D eigenvalue weighted by Crippen LogP contribution is -2.18. The summed E-state index contributed by atoms with van der Waals surface area (Å²) in [6.07, 6.45) is 11.3. The van der Waals surface area contributed by atoms with Gasteiger partial charge in [0.05, 0.1) is 18.3 Å². The van der Waals surface area contributed by atoms with Crippen LogP contribution in [-0.2, 0) is 0 Å². The zero-order chi connectivity index (χ0) is 12.9. The summed E-state index contributed by atoms with van der Waals surface area (Å²) in [5.41, 5.74) is 0.948. The van der Waals surface area contributed by atoms with Gasteiger partial charge in [-0.15, -0.1) is 0 Å². The number of hydrogen-bond acceptors (Lipinski definition) is 3. The highest BCUT2D eigenvalue weighted by molar-refractivity contribution is 5.37. The molecule has 3 rings (SSSR count). The van der Waals surface area contributed by atoms with E-state index < -0.39 is 0 Å². The van der Waals surface area contributed by atoms with Crippen LogP contribution in [0.3, 0.4) is 0 Å². The first-order chi connectivity index (χ1) is 9.40. The van der Waals surface area contributed by atoms with Crippen LogP contribution in [0, 0.1) is 11.8 Å². The largest absolute Gasteiger partial charge is 0.489 e. The van der Waals surface area contributed by atoms with E-state index in [0.29, 0.717) is 12.1 Å². The molecule has 1 N–H and O–H groups in total. The molecular weight excluding hydrogens is 236 g/mol. The number of ether oxygens (including phenoxy) is 1. The van der Waals surface area contributed by atoms with E-state index in [-0.39, 0.29) is 0 Å². The minimum Gasteiger partial charge on any atom is -0.489 e. The van der Waals surface area contributed by atoms with Gasteiger partial charge in [0.2, 0.25) is 0 Å². The van der Waals surface area contributed by atoms with Crippen molar-refractivity contribution in [2.75, 3.05) is 6.54 Å². The normalized spacial score (nSPS) is 23.1. The maximum absolute atomic E-state index is 5.94. The highest BCUT2D eigenvalue weighted by atomic mass is 16.5. The highest BCUT2D eigenvalue weighted by Crippen LogP contribution is 2.23. The molecule has 2 fully saturated rings. The molecule has 0 aromatic carbocycles. The van der Waals surface area contributed by atoms with Gasteiger partial charge in [-0.05, 0) is 51.1 Å². The first kappa shape index (κ1) is 12.5. The van der Waals surface area contributed by atoms with Crippen LogP contribution in [0.5, 0.6) is 5.75 Å². The van der Waals surface area contributed by atoms with Crippen LogP contribution in [0.2, 0.25) is 0 Å². The van der Waals surface area contributed by atoms with Gasteiger partial charge in [-0.2, -0.15) is 0 Å². The minimum atomic E-state index is 0.347. The van der Waals surface area contributed by atoms with E-state index in [1.165, 1.54) is 32.1 Å². The van der Waals surface area contributed by atoms with Gasteiger partial charge in [0.1, 0.15) is 5.75 Å². The fraction of sp³-hybridized carbons (Fsp3) is 0.562. The molecular formula is C16H20N2O. The van der Waals surface area contributed by atoms with Crippen LogP contribution in [0.1, 0.15) is 44.1 Å². The van der Waals surface area contributed by atoms with Gasteiger partial charge in [-0.3, -0.25) is 4.98 Å². The fourth-order valence-electron chi connectivity index (χ4n) is 2.73. The lowest BCUT2D eigenvalue weighted by molar-refractivity contribution is 0.209. The number of hydrogen-bond donors (Lipinski definition) is 1. The van der Waals surface area contributed by atoms with E-state index in [0.717, 1.165) is 24.3 Å². The standard InChI is InChI=1S/C16H20N2O/c1-2-6-15(5-1)19-16-10-13(11-17-12-16)7-8-14-4-3-9-18-14/h10-12,14-15,18H,1-6,9H2/t14-/m1/s1. The van der Waals surface area contributed by atoms with Gasteiger partial charge in [0.25, 0.3) is 0 Å². The predicted molar refractivity (Wildman–Crippen MR) is 75.0 cm³/mol. The van der Waals surface area contributed by atoms with Crippen molar-refractivity contribution < 1.29 is 4.74 Å². The van der Waals surface area contributed by atoms with Gasteiger partial charge in [-0.1, -0.05) is 11.8 Å². The van der Waals surface area contributed by atoms with Crippen LogP contribution in [0.15, 0.2) is 18.5 Å². The van der Waals surface area contributed by atoms with Crippen molar-refractivity contribution >= 4 is 0 Å². The zero-order valence-corrected chi connectivity index (χ0v) is 11.2. The minimum absolute atomic E-state index is 0.347. The second-order valence-corrected chi connectivity index (χ2v) is 5.35. The summed E-state index contributed by atoms with van der Waals surface area (Å²) in [5.74, 6) is 7.32. The Kier molecular flexibility index (Phi) is 4.00. The molecule has 19 heavy (non-hydrogen) atoms. The molecule has 1 saturated heterocycles. The molecule has 0 radical (unpaired) electrons. The monoisotopic (exact) mass is 256 g/mol. The second-order valence-electron chi connectivity index (χ2n) is 5.35. The van der Waals surface area contributed by atoms with Crippen LogP contribution >= 0.6 is 0 Å². The molecule has 1 aliphatic heterocycles. The third kappa shape index (κ3) is 3.48. The van der Waals surface area contributed by atoms with Crippen molar-refractivity contribution in [3.05, 3.63) is 24.0 Å². The molecule has 2 heterocycles. The highest BCUT2D eigenvalue weighted by Gasteiger charge is 2.16. The molecule has 0 amide bonds. The maximum Gasteiger partial charge on any atom is 0.139 e. The Balaban J connectivity index is 1.64. The molecule has 100 valence electrons. The average molecular weight is 256 g/mol. The molecule has 1 aromatic heterocycles. The van der Waals surface area contributed by atoms with Crippen LogP contribution in [0.4, 0.5) is 0 Å². The molecule has 1 aliphatic carbocycles. The summed E-state index contributed by atoms with van der Waals surface area (Å²) < 4.78 is 5.94. The van der Waals surface area contributed by atoms with Crippen molar-refractivity contribution in [2.24, 2.45) is 0 Å². The topological polar surface area (TPSA) is 34.2 Å². The van der Waals surface area contributed by atoms with Crippen molar-refractivity contribution in [3.8, 4) is 17.6 Å². The van der Waals surface area contributed by atoms with Gasteiger partial charge in [0, 0.05) is 11.8 Å². The Labute approximate surface area is 114 Å². The van der Waals surface area contributed by atoms with Gasteiger partial charge in [0.15, 0.2) is 0 Å². The third-order valence-electron chi connectivity index (χ3n) is 3.77. The molecule has 0 bridgehead atoms. The number of rotatable bonds is 2. The van der Waals surface area contributed by atoms with Crippen LogP contribution in [-0.4, -0.2) is 23.7 Å². The van der Waals surface area contributed by atoms with E-state index in [1.807, 2.05) is 12.3 Å². The third-order valence-corrected chi connectivity index (χ3v) is 3.77. The Bertz CT molecular complexity index is 477. The quantitative estimate of drug-likeness (QED) is 0.826. The number of aromatic nitrogens is 1. The summed E-state index contributed by atoms with van der Waals surface area (Å²) in [6.45, 7) is 1.09. The maximum atomic E-state index is 5.94. The Morgan fingerprint density at radius 2 is 2.05 bits per heavy atom. The summed E-state index contributed by atoms with van der Waals surface area (Å²) in [4.78, 5) is 4.22. The van der Waals surface area contributed by atoms with E-state index in [2.05, 4.69) is 22.1 Å². The number of nitrogens with one attached hydrogen (secondary N) is 1. The molecule has 1 aromatic rings. The van der Waals surface area contributed by atoms with Crippen molar-refractivity contribution in [3.63, 3.8) is 0 Å². The van der Waals surface area contributed by atoms with Crippen LogP contribution < -0.4 is 10.1 Å². The number of nitrogens with zero attached hydrogens (tertiary/aromatic N) is 1. The van der Waals surface area contributed by atoms with E-state index in [9.17, 15) is 0 Å². The van der Waals surface area contributed by atoms with E-state index >= 15 is 0 Å². The lowest BCUT2D eigenvalue weighted by atomic mass is 10.2. The van der Waals surface area contributed by atoms with E-state index in [4.69, 9.17) is 4.74 Å². The van der Waals surface area contributed by atoms with Crippen molar-refractivity contribution in [2.45, 2.75) is 50.7 Å². The molecule has 1 saturated carbocycles. The smallest absolute Gasteiger partial charge is 0.139 e. The second kappa shape index (κ2) is 6.08. The average Bonchev–Trinajstić information content (AvgIpc) is 3.10. The Hall–Kier alpha value is -1.53. The Morgan fingerprint density at radius 3 is 2.84 bits per heavy atom. The zero-order valence-electron chi connectivity index (χ0n) is 11.2. The summed E-state index contributed by atoms with van der Waals surface area (Å²) >= 11 is 0.